The number of benzene rings is 1. The number of rotatable bonds is 5. The van der Waals surface area contributed by atoms with Crippen LogP contribution >= 0.6 is 0 Å². The normalized spacial score (nSPS) is 15.2. The van der Waals surface area contributed by atoms with E-state index in [0.29, 0.717) is 44.1 Å². The van der Waals surface area contributed by atoms with Gasteiger partial charge in [0.25, 0.3) is 11.8 Å². The van der Waals surface area contributed by atoms with E-state index in [-0.39, 0.29) is 23.4 Å². The fourth-order valence-electron chi connectivity index (χ4n) is 3.09. The second kappa shape index (κ2) is 8.28. The Hall–Kier alpha value is -2.77. The van der Waals surface area contributed by atoms with Crippen LogP contribution in [-0.4, -0.2) is 51.3 Å². The van der Waals surface area contributed by atoms with Gasteiger partial charge in [-0.05, 0) is 30.9 Å². The van der Waals surface area contributed by atoms with Gasteiger partial charge in [-0.3, -0.25) is 9.59 Å². The molecule has 2 aromatic rings. The minimum Gasteiger partial charge on any atom is -0.350 e. The molecule has 3 rings (SSSR count). The SMILES string of the molecule is CC(C)CNC(=O)c1cn(C2CCN(C(=O)c3ccccc3F)CC2)nn1. The van der Waals surface area contributed by atoms with Crippen molar-refractivity contribution in [3.63, 3.8) is 0 Å². The number of amides is 2. The molecule has 27 heavy (non-hydrogen) atoms. The van der Waals surface area contributed by atoms with Crippen molar-refractivity contribution in [2.24, 2.45) is 5.92 Å². The van der Waals surface area contributed by atoms with Crippen molar-refractivity contribution < 1.29 is 14.0 Å². The minimum absolute atomic E-state index is 0.0637. The van der Waals surface area contributed by atoms with Crippen molar-refractivity contribution in [1.29, 1.82) is 0 Å². The molecule has 1 saturated heterocycles. The third kappa shape index (κ3) is 4.50. The Morgan fingerprint density at radius 1 is 1.26 bits per heavy atom. The summed E-state index contributed by atoms with van der Waals surface area (Å²) in [6.45, 7) is 5.64. The van der Waals surface area contributed by atoms with E-state index in [1.807, 2.05) is 13.8 Å². The Morgan fingerprint density at radius 2 is 1.96 bits per heavy atom. The maximum absolute atomic E-state index is 13.8. The fraction of sp³-hybridized carbons (Fsp3) is 0.474. The van der Waals surface area contributed by atoms with Crippen LogP contribution in [0.2, 0.25) is 0 Å². The summed E-state index contributed by atoms with van der Waals surface area (Å²) in [7, 11) is 0. The lowest BCUT2D eigenvalue weighted by Gasteiger charge is -2.31. The van der Waals surface area contributed by atoms with Crippen LogP contribution in [0, 0.1) is 11.7 Å². The number of aromatic nitrogens is 3. The Balaban J connectivity index is 1.57. The topological polar surface area (TPSA) is 80.1 Å². The molecule has 1 aromatic carbocycles. The quantitative estimate of drug-likeness (QED) is 0.872. The number of halogens is 1. The number of likely N-dealkylation sites (tertiary alicyclic amines) is 1. The van der Waals surface area contributed by atoms with Crippen molar-refractivity contribution in [3.8, 4) is 0 Å². The Bertz CT molecular complexity index is 812. The van der Waals surface area contributed by atoms with Crippen molar-refractivity contribution in [2.45, 2.75) is 32.7 Å². The van der Waals surface area contributed by atoms with Crippen LogP contribution in [0.4, 0.5) is 4.39 Å². The Morgan fingerprint density at radius 3 is 2.63 bits per heavy atom. The van der Waals surface area contributed by atoms with E-state index >= 15 is 0 Å². The first kappa shape index (κ1) is 19.0. The van der Waals surface area contributed by atoms with Crippen LogP contribution in [0.5, 0.6) is 0 Å². The van der Waals surface area contributed by atoms with Crippen molar-refractivity contribution >= 4 is 11.8 Å². The van der Waals surface area contributed by atoms with Crippen molar-refractivity contribution in [2.75, 3.05) is 19.6 Å². The molecule has 0 saturated carbocycles. The monoisotopic (exact) mass is 373 g/mol. The molecular weight excluding hydrogens is 349 g/mol. The highest BCUT2D eigenvalue weighted by atomic mass is 19.1. The first-order valence-electron chi connectivity index (χ1n) is 9.19. The van der Waals surface area contributed by atoms with Crippen molar-refractivity contribution in [1.82, 2.24) is 25.2 Å². The lowest BCUT2D eigenvalue weighted by Crippen LogP contribution is -2.39. The first-order chi connectivity index (χ1) is 13.0. The van der Waals surface area contributed by atoms with Gasteiger partial charge in [0.1, 0.15) is 5.82 Å². The molecule has 1 N–H and O–H groups in total. The number of piperidine rings is 1. The summed E-state index contributed by atoms with van der Waals surface area (Å²) in [5, 5.41) is 10.8. The molecular formula is C19H24FN5O2. The zero-order valence-corrected chi connectivity index (χ0v) is 15.6. The van der Waals surface area contributed by atoms with Gasteiger partial charge in [0, 0.05) is 19.6 Å². The van der Waals surface area contributed by atoms with Crippen LogP contribution in [0.1, 0.15) is 53.6 Å². The van der Waals surface area contributed by atoms with Crippen LogP contribution in [0.15, 0.2) is 30.5 Å². The summed E-state index contributed by atoms with van der Waals surface area (Å²) in [4.78, 5) is 26.2. The highest BCUT2D eigenvalue weighted by Crippen LogP contribution is 2.23. The van der Waals surface area contributed by atoms with E-state index in [1.54, 1.807) is 27.9 Å². The zero-order valence-electron chi connectivity index (χ0n) is 15.6. The van der Waals surface area contributed by atoms with Gasteiger partial charge < -0.3 is 10.2 Å². The third-order valence-electron chi connectivity index (χ3n) is 4.64. The minimum atomic E-state index is -0.502. The second-order valence-corrected chi connectivity index (χ2v) is 7.19. The van der Waals surface area contributed by atoms with E-state index < -0.39 is 5.82 Å². The predicted molar refractivity (Wildman–Crippen MR) is 97.8 cm³/mol. The summed E-state index contributed by atoms with van der Waals surface area (Å²) in [5.41, 5.74) is 0.390. The van der Waals surface area contributed by atoms with Crippen molar-refractivity contribution in [3.05, 3.63) is 47.5 Å². The Kier molecular flexibility index (Phi) is 5.83. The highest BCUT2D eigenvalue weighted by molar-refractivity contribution is 5.94. The largest absolute Gasteiger partial charge is 0.350 e. The van der Waals surface area contributed by atoms with Gasteiger partial charge in [-0.1, -0.05) is 31.2 Å². The highest BCUT2D eigenvalue weighted by Gasteiger charge is 2.27. The van der Waals surface area contributed by atoms with E-state index in [9.17, 15) is 14.0 Å². The van der Waals surface area contributed by atoms with Crippen LogP contribution in [0.25, 0.3) is 0 Å². The van der Waals surface area contributed by atoms with E-state index in [2.05, 4.69) is 15.6 Å². The van der Waals surface area contributed by atoms with Gasteiger partial charge in [-0.25, -0.2) is 9.07 Å². The molecule has 0 atom stereocenters. The molecule has 1 fully saturated rings. The maximum atomic E-state index is 13.8. The molecule has 0 aliphatic carbocycles. The average molecular weight is 373 g/mol. The average Bonchev–Trinajstić information content (AvgIpc) is 3.16. The van der Waals surface area contributed by atoms with Gasteiger partial charge in [-0.2, -0.15) is 0 Å². The van der Waals surface area contributed by atoms with Gasteiger partial charge in [0.2, 0.25) is 0 Å². The molecule has 2 amide bonds. The summed E-state index contributed by atoms with van der Waals surface area (Å²) in [6.07, 6.45) is 3.00. The number of nitrogens with zero attached hydrogens (tertiary/aromatic N) is 4. The molecule has 0 unspecified atom stereocenters. The van der Waals surface area contributed by atoms with Gasteiger partial charge >= 0.3 is 0 Å². The summed E-state index contributed by atoms with van der Waals surface area (Å²) in [6, 6.07) is 6.08. The predicted octanol–water partition coefficient (Wildman–Crippen LogP) is 2.28. The number of carbonyl (C=O) groups is 2. The molecule has 1 aromatic heterocycles. The number of carbonyl (C=O) groups excluding carboxylic acids is 2. The molecule has 144 valence electrons. The molecule has 7 nitrogen and oxygen atoms in total. The van der Waals surface area contributed by atoms with Gasteiger partial charge in [-0.15, -0.1) is 5.10 Å². The lowest BCUT2D eigenvalue weighted by atomic mass is 10.0. The summed E-state index contributed by atoms with van der Waals surface area (Å²) >= 11 is 0. The number of nitrogens with one attached hydrogen (secondary N) is 1. The maximum Gasteiger partial charge on any atom is 0.273 e. The molecule has 2 heterocycles. The smallest absolute Gasteiger partial charge is 0.273 e. The molecule has 1 aliphatic rings. The fourth-order valence-corrected chi connectivity index (χ4v) is 3.09. The molecule has 0 spiro atoms. The van der Waals surface area contributed by atoms with Gasteiger partial charge in [0.05, 0.1) is 17.8 Å². The molecule has 0 bridgehead atoms. The van der Waals surface area contributed by atoms with Crippen LogP contribution in [0.3, 0.4) is 0 Å². The van der Waals surface area contributed by atoms with Gasteiger partial charge in [0.15, 0.2) is 5.69 Å². The summed E-state index contributed by atoms with van der Waals surface area (Å²) in [5.74, 6) is -0.667. The van der Waals surface area contributed by atoms with E-state index in [1.165, 1.54) is 12.1 Å². The lowest BCUT2D eigenvalue weighted by molar-refractivity contribution is 0.0684. The molecule has 8 heteroatoms. The third-order valence-corrected chi connectivity index (χ3v) is 4.64. The standard InChI is InChI=1S/C19H24FN5O2/c1-13(2)11-21-18(26)17-12-25(23-22-17)14-7-9-24(10-8-14)19(27)15-5-3-4-6-16(15)20/h3-6,12-14H,7-11H2,1-2H3,(H,21,26). The molecule has 1 aliphatic heterocycles. The van der Waals surface area contributed by atoms with Crippen LogP contribution < -0.4 is 5.32 Å². The first-order valence-corrected chi connectivity index (χ1v) is 9.19. The Labute approximate surface area is 157 Å². The number of hydrogen-bond acceptors (Lipinski definition) is 4. The zero-order chi connectivity index (χ0) is 19.4. The number of hydrogen-bond donors (Lipinski definition) is 1. The molecule has 0 radical (unpaired) electrons. The van der Waals surface area contributed by atoms with E-state index in [4.69, 9.17) is 0 Å². The summed E-state index contributed by atoms with van der Waals surface area (Å²) < 4.78 is 15.5. The van der Waals surface area contributed by atoms with Crippen LogP contribution in [-0.2, 0) is 0 Å². The second-order valence-electron chi connectivity index (χ2n) is 7.19. The van der Waals surface area contributed by atoms with E-state index in [0.717, 1.165) is 0 Å².